The average molecular weight is 618 g/mol. The quantitative estimate of drug-likeness (QED) is 0.253. The number of hydrogen-bond donors (Lipinski definition) is 4. The van der Waals surface area contributed by atoms with Crippen molar-refractivity contribution in [3.8, 4) is 0 Å². The molecule has 4 fully saturated rings. The zero-order valence-electron chi connectivity index (χ0n) is 26.0. The first-order valence-corrected chi connectivity index (χ1v) is 15.9. The van der Waals surface area contributed by atoms with Gasteiger partial charge in [-0.05, 0) is 43.9 Å². The van der Waals surface area contributed by atoms with Gasteiger partial charge >= 0.3 is 12.1 Å². The Kier molecular flexibility index (Phi) is 10.6. The summed E-state index contributed by atoms with van der Waals surface area (Å²) in [5.74, 6) is -4.10. The fraction of sp³-hybridized carbons (Fsp3) is 0.742. The number of likely N-dealkylation sites (tertiary alicyclic amines) is 2. The van der Waals surface area contributed by atoms with Crippen LogP contribution in [0.25, 0.3) is 0 Å². The van der Waals surface area contributed by atoms with E-state index in [4.69, 9.17) is 4.74 Å². The zero-order valence-corrected chi connectivity index (χ0v) is 26.0. The lowest BCUT2D eigenvalue weighted by Crippen LogP contribution is -2.60. The van der Waals surface area contributed by atoms with Crippen LogP contribution >= 0.6 is 0 Å². The molecule has 0 unspecified atom stereocenters. The molecule has 0 aromatic heterocycles. The molecule has 244 valence electrons. The molecular formula is C31H47N5O8. The van der Waals surface area contributed by atoms with Crippen molar-refractivity contribution in [2.24, 2.45) is 17.8 Å². The first-order chi connectivity index (χ1) is 20.9. The molecule has 2 aliphatic heterocycles. The molecule has 0 aromatic rings. The van der Waals surface area contributed by atoms with Gasteiger partial charge < -0.3 is 35.6 Å². The summed E-state index contributed by atoms with van der Waals surface area (Å²) in [5, 5.41) is 18.1. The van der Waals surface area contributed by atoms with Gasteiger partial charge in [0.1, 0.15) is 29.8 Å². The summed E-state index contributed by atoms with van der Waals surface area (Å²) >= 11 is 0. The van der Waals surface area contributed by atoms with Gasteiger partial charge in [-0.2, -0.15) is 0 Å². The van der Waals surface area contributed by atoms with E-state index in [0.29, 0.717) is 13.1 Å². The Labute approximate surface area is 258 Å². The number of carbonyl (C=O) groups is 6. The third kappa shape index (κ3) is 7.35. The van der Waals surface area contributed by atoms with Crippen LogP contribution in [-0.2, 0) is 28.7 Å². The molecule has 4 rings (SSSR count). The SMILES string of the molecule is C=C[C@@H]1C[C@]1(NC(=O)[C@@H]1C[C@@H](OC(=O)N2CCCC2)CN1C(=O)[C@@H](NC(=O)[C@@H](NC(C)=O)C1CCCCC1)C(C)C)C(=O)O. The highest BCUT2D eigenvalue weighted by Gasteiger charge is 2.61. The van der Waals surface area contributed by atoms with Crippen LogP contribution in [-0.4, -0.2) is 100 Å². The van der Waals surface area contributed by atoms with Crippen LogP contribution in [0.5, 0.6) is 0 Å². The van der Waals surface area contributed by atoms with Gasteiger partial charge in [0.05, 0.1) is 6.54 Å². The van der Waals surface area contributed by atoms with Crippen LogP contribution < -0.4 is 16.0 Å². The number of aliphatic carboxylic acids is 1. The lowest BCUT2D eigenvalue weighted by molar-refractivity contribution is -0.146. The maximum Gasteiger partial charge on any atom is 0.410 e. The van der Waals surface area contributed by atoms with Crippen molar-refractivity contribution in [1.29, 1.82) is 0 Å². The number of carboxylic acid groups (broad SMARTS) is 1. The minimum Gasteiger partial charge on any atom is -0.479 e. The summed E-state index contributed by atoms with van der Waals surface area (Å²) < 4.78 is 5.72. The van der Waals surface area contributed by atoms with Gasteiger partial charge in [-0.3, -0.25) is 19.2 Å². The van der Waals surface area contributed by atoms with Crippen molar-refractivity contribution in [3.05, 3.63) is 12.7 Å². The normalized spacial score (nSPS) is 28.1. The van der Waals surface area contributed by atoms with E-state index in [-0.39, 0.29) is 37.1 Å². The molecule has 2 aliphatic carbocycles. The highest BCUT2D eigenvalue weighted by atomic mass is 16.6. The minimum atomic E-state index is -1.50. The Morgan fingerprint density at radius 2 is 1.66 bits per heavy atom. The molecule has 13 heteroatoms. The van der Waals surface area contributed by atoms with Crippen molar-refractivity contribution < 1.29 is 38.6 Å². The van der Waals surface area contributed by atoms with Crippen LogP contribution in [0.1, 0.15) is 78.6 Å². The van der Waals surface area contributed by atoms with Gasteiger partial charge in [-0.1, -0.05) is 39.2 Å². The van der Waals surface area contributed by atoms with Crippen molar-refractivity contribution in [2.45, 2.75) is 108 Å². The summed E-state index contributed by atoms with van der Waals surface area (Å²) in [6.45, 7) is 9.60. The van der Waals surface area contributed by atoms with E-state index in [1.165, 1.54) is 17.9 Å². The molecule has 0 bridgehead atoms. The number of carbonyl (C=O) groups excluding carboxylic acids is 5. The van der Waals surface area contributed by atoms with Crippen LogP contribution in [0, 0.1) is 17.8 Å². The van der Waals surface area contributed by atoms with Gasteiger partial charge in [-0.15, -0.1) is 6.58 Å². The molecule has 0 aromatic carbocycles. The predicted molar refractivity (Wildman–Crippen MR) is 159 cm³/mol. The summed E-state index contributed by atoms with van der Waals surface area (Å²) in [6, 6.07) is -2.96. The van der Waals surface area contributed by atoms with Crippen molar-refractivity contribution in [2.75, 3.05) is 19.6 Å². The van der Waals surface area contributed by atoms with Crippen LogP contribution in [0.3, 0.4) is 0 Å². The van der Waals surface area contributed by atoms with Gasteiger partial charge in [0.25, 0.3) is 0 Å². The summed E-state index contributed by atoms with van der Waals surface area (Å²) in [7, 11) is 0. The van der Waals surface area contributed by atoms with Crippen molar-refractivity contribution in [3.63, 3.8) is 0 Å². The zero-order chi connectivity index (χ0) is 32.2. The standard InChI is InChI=1S/C31H47N5O8/c1-5-21-16-31(21,29(41)42)34-26(38)23-15-22(44-30(43)35-13-9-10-14-35)17-36(23)28(40)24(18(2)3)33-27(39)25(32-19(4)37)20-11-7-6-8-12-20/h5,18,20-25H,1,6-17H2,2-4H3,(H,32,37)(H,33,39)(H,34,38)(H,41,42)/t21-,22-,23+,24+,25+,31-/m1/s1. The number of rotatable bonds is 11. The van der Waals surface area contributed by atoms with E-state index in [1.54, 1.807) is 18.7 Å². The largest absolute Gasteiger partial charge is 0.479 e. The fourth-order valence-corrected chi connectivity index (χ4v) is 6.83. The molecule has 44 heavy (non-hydrogen) atoms. The Morgan fingerprint density at radius 3 is 2.20 bits per heavy atom. The van der Waals surface area contributed by atoms with Gasteiger partial charge in [0.2, 0.25) is 23.6 Å². The molecular weight excluding hydrogens is 570 g/mol. The summed E-state index contributed by atoms with van der Waals surface area (Å²) in [4.78, 5) is 81.1. The maximum atomic E-state index is 14.1. The lowest BCUT2D eigenvalue weighted by atomic mass is 9.83. The molecule has 2 saturated carbocycles. The van der Waals surface area contributed by atoms with E-state index in [9.17, 15) is 33.9 Å². The molecule has 2 saturated heterocycles. The van der Waals surface area contributed by atoms with Crippen LogP contribution in [0.2, 0.25) is 0 Å². The number of ether oxygens (including phenoxy) is 1. The molecule has 6 atom stereocenters. The van der Waals surface area contributed by atoms with E-state index in [0.717, 1.165) is 44.9 Å². The topological polar surface area (TPSA) is 174 Å². The number of amides is 5. The predicted octanol–water partition coefficient (Wildman–Crippen LogP) is 1.56. The lowest BCUT2D eigenvalue weighted by Gasteiger charge is -2.34. The van der Waals surface area contributed by atoms with E-state index < -0.39 is 65.5 Å². The molecule has 2 heterocycles. The monoisotopic (exact) mass is 617 g/mol. The van der Waals surface area contributed by atoms with Gasteiger partial charge in [0.15, 0.2) is 0 Å². The first kappa shape index (κ1) is 33.3. The van der Waals surface area contributed by atoms with Crippen LogP contribution in [0.15, 0.2) is 12.7 Å². The Bertz CT molecular complexity index is 1150. The van der Waals surface area contributed by atoms with Crippen molar-refractivity contribution >= 4 is 35.7 Å². The second-order valence-electron chi connectivity index (χ2n) is 13.1. The highest BCUT2D eigenvalue weighted by molar-refractivity contribution is 5.97. The third-order valence-electron chi connectivity index (χ3n) is 9.50. The fourth-order valence-electron chi connectivity index (χ4n) is 6.83. The second-order valence-corrected chi connectivity index (χ2v) is 13.1. The Morgan fingerprint density at radius 1 is 1.00 bits per heavy atom. The maximum absolute atomic E-state index is 14.1. The molecule has 5 amide bonds. The second kappa shape index (κ2) is 14.0. The molecule has 13 nitrogen and oxygen atoms in total. The molecule has 0 spiro atoms. The number of nitrogens with zero attached hydrogens (tertiary/aromatic N) is 2. The number of carboxylic acids is 1. The number of hydrogen-bond acceptors (Lipinski definition) is 7. The smallest absolute Gasteiger partial charge is 0.410 e. The molecule has 4 aliphatic rings. The van der Waals surface area contributed by atoms with Crippen molar-refractivity contribution in [1.82, 2.24) is 25.8 Å². The Balaban J connectivity index is 1.54. The van der Waals surface area contributed by atoms with E-state index in [2.05, 4.69) is 22.5 Å². The first-order valence-electron chi connectivity index (χ1n) is 15.9. The average Bonchev–Trinajstić information content (AvgIpc) is 3.29. The van der Waals surface area contributed by atoms with Gasteiger partial charge in [-0.25, -0.2) is 9.59 Å². The summed E-state index contributed by atoms with van der Waals surface area (Å²) in [5.41, 5.74) is -1.50. The minimum absolute atomic E-state index is 0.0129. The molecule has 4 N–H and O–H groups in total. The Hall–Kier alpha value is -3.64. The third-order valence-corrected chi connectivity index (χ3v) is 9.50. The summed E-state index contributed by atoms with van der Waals surface area (Å²) in [6.07, 6.45) is 6.62. The highest BCUT2D eigenvalue weighted by Crippen LogP contribution is 2.45. The number of nitrogens with one attached hydrogen (secondary N) is 3. The molecule has 0 radical (unpaired) electrons. The van der Waals surface area contributed by atoms with E-state index in [1.807, 2.05) is 0 Å². The van der Waals surface area contributed by atoms with E-state index >= 15 is 0 Å². The van der Waals surface area contributed by atoms with Gasteiger partial charge in [0, 0.05) is 32.4 Å². The van der Waals surface area contributed by atoms with Crippen LogP contribution in [0.4, 0.5) is 4.79 Å².